The number of fused-ring (bicyclic) bond motifs is 2. The summed E-state index contributed by atoms with van der Waals surface area (Å²) in [6.45, 7) is 0. The van der Waals surface area contributed by atoms with Gasteiger partial charge in [-0.1, -0.05) is 25.0 Å². The first-order chi connectivity index (χ1) is 12.8. The van der Waals surface area contributed by atoms with Gasteiger partial charge in [0.15, 0.2) is 11.4 Å². The zero-order valence-electron chi connectivity index (χ0n) is 14.2. The summed E-state index contributed by atoms with van der Waals surface area (Å²) in [7, 11) is 0. The molecule has 2 aromatic heterocycles. The summed E-state index contributed by atoms with van der Waals surface area (Å²) in [6.07, 6.45) is 8.28. The predicted molar refractivity (Wildman–Crippen MR) is 94.5 cm³/mol. The Hall–Kier alpha value is -3.07. The van der Waals surface area contributed by atoms with E-state index in [-0.39, 0.29) is 12.2 Å². The van der Waals surface area contributed by atoms with Gasteiger partial charge in [0.2, 0.25) is 0 Å². The Morgan fingerprint density at radius 3 is 2.85 bits per heavy atom. The average molecular weight is 343 g/mol. The minimum Gasteiger partial charge on any atom is -0.298 e. The van der Waals surface area contributed by atoms with Gasteiger partial charge < -0.3 is 0 Å². The molecule has 2 aliphatic carbocycles. The van der Waals surface area contributed by atoms with Crippen LogP contribution < -0.4 is 0 Å². The summed E-state index contributed by atoms with van der Waals surface area (Å²) in [5, 5.41) is 14.8. The second kappa shape index (κ2) is 5.73. The number of rotatable bonds is 2. The lowest BCUT2D eigenvalue weighted by molar-refractivity contribution is -0.118. The van der Waals surface area contributed by atoms with Gasteiger partial charge in [-0.3, -0.25) is 4.79 Å². The molecule has 1 fully saturated rings. The van der Waals surface area contributed by atoms with Crippen molar-refractivity contribution in [2.45, 2.75) is 44.1 Å². The molecule has 5 rings (SSSR count). The highest BCUT2D eigenvalue weighted by Crippen LogP contribution is 2.39. The second-order valence-corrected chi connectivity index (χ2v) is 7.08. The third-order valence-electron chi connectivity index (χ3n) is 5.68. The van der Waals surface area contributed by atoms with Crippen molar-refractivity contribution in [2.75, 3.05) is 0 Å². The number of nitriles is 1. The maximum atomic E-state index is 12.8. The minimum atomic E-state index is -0.440. The molecular weight excluding hydrogens is 326 g/mol. The Morgan fingerprint density at radius 1 is 1.19 bits per heavy atom. The van der Waals surface area contributed by atoms with Crippen molar-refractivity contribution < 1.29 is 4.79 Å². The maximum Gasteiger partial charge on any atom is 0.161 e. The monoisotopic (exact) mass is 343 g/mol. The number of ketones is 1. The summed E-state index contributed by atoms with van der Waals surface area (Å²) in [5.74, 6) is -0.360. The molecule has 0 radical (unpaired) electrons. The summed E-state index contributed by atoms with van der Waals surface area (Å²) in [6, 6.07) is 8.11. The number of Topliss-reactive ketones (excluding diaryl/α,β-unsaturated/α-hetero) is 1. The lowest BCUT2D eigenvalue weighted by Gasteiger charge is -2.13. The number of carbonyl (C=O) groups excluding carboxylic acids is 1. The molecule has 2 heterocycles. The summed E-state index contributed by atoms with van der Waals surface area (Å²) in [5.41, 5.74) is 3.81. The van der Waals surface area contributed by atoms with E-state index in [2.05, 4.69) is 21.1 Å². The third-order valence-corrected chi connectivity index (χ3v) is 5.68. The second-order valence-electron chi connectivity index (χ2n) is 7.08. The van der Waals surface area contributed by atoms with E-state index in [1.54, 1.807) is 12.3 Å². The van der Waals surface area contributed by atoms with Crippen LogP contribution >= 0.6 is 0 Å². The van der Waals surface area contributed by atoms with Crippen LogP contribution in [0.25, 0.3) is 11.0 Å². The molecule has 26 heavy (non-hydrogen) atoms. The van der Waals surface area contributed by atoms with Crippen molar-refractivity contribution in [2.24, 2.45) is 0 Å². The fourth-order valence-corrected chi connectivity index (χ4v) is 4.45. The number of nitrogens with zero attached hydrogens (tertiary/aromatic N) is 5. The maximum absolute atomic E-state index is 12.8. The van der Waals surface area contributed by atoms with Crippen molar-refractivity contribution in [3.8, 4) is 6.07 Å². The molecule has 0 spiro atoms. The molecule has 0 saturated heterocycles. The fourth-order valence-electron chi connectivity index (χ4n) is 4.45. The van der Waals surface area contributed by atoms with Gasteiger partial charge in [-0.05, 0) is 30.0 Å². The molecule has 3 aromatic rings. The van der Waals surface area contributed by atoms with Gasteiger partial charge in [0.1, 0.15) is 6.33 Å². The van der Waals surface area contributed by atoms with E-state index in [0.29, 0.717) is 17.3 Å². The molecule has 1 saturated carbocycles. The van der Waals surface area contributed by atoms with Crippen LogP contribution in [0.2, 0.25) is 0 Å². The number of aromatic nitrogens is 4. The first-order valence-electron chi connectivity index (χ1n) is 9.00. The van der Waals surface area contributed by atoms with Gasteiger partial charge >= 0.3 is 0 Å². The lowest BCUT2D eigenvalue weighted by atomic mass is 9.94. The first-order valence-corrected chi connectivity index (χ1v) is 9.00. The van der Waals surface area contributed by atoms with E-state index < -0.39 is 5.92 Å². The van der Waals surface area contributed by atoms with Crippen LogP contribution in [0, 0.1) is 11.3 Å². The molecule has 0 N–H and O–H groups in total. The van der Waals surface area contributed by atoms with Crippen LogP contribution in [0.3, 0.4) is 0 Å². The molecule has 2 aliphatic rings. The van der Waals surface area contributed by atoms with Crippen LogP contribution in [0.15, 0.2) is 30.7 Å². The Bertz CT molecular complexity index is 1070. The molecule has 1 aromatic carbocycles. The highest BCUT2D eigenvalue weighted by atomic mass is 16.1. The van der Waals surface area contributed by atoms with Gasteiger partial charge in [0.25, 0.3) is 0 Å². The Balaban J connectivity index is 1.67. The summed E-state index contributed by atoms with van der Waals surface area (Å²) in [4.78, 5) is 21.7. The topological polar surface area (TPSA) is 84.5 Å². The van der Waals surface area contributed by atoms with Crippen molar-refractivity contribution in [1.29, 1.82) is 5.26 Å². The number of hydrogen-bond acceptors (Lipinski definition) is 5. The lowest BCUT2D eigenvalue weighted by Crippen LogP contribution is -2.11. The van der Waals surface area contributed by atoms with Crippen molar-refractivity contribution in [3.63, 3.8) is 0 Å². The standard InChI is InChI=1S/C20H17N5O/c21-9-12-4-3-7-14-15(12)8-17(26)18(14)19-16-10-24-25(13-5-1-2-6-13)20(16)23-11-22-19/h3-4,7,10-11,13,18H,1-2,5-6,8H2. The fraction of sp³-hybridized carbons (Fsp3) is 0.350. The SMILES string of the molecule is N#Cc1cccc2c1CC(=O)C2c1ncnc2c1cnn2C1CCCC1. The molecular formula is C20H17N5O. The van der Waals surface area contributed by atoms with E-state index in [1.807, 2.05) is 16.8 Å². The molecule has 0 amide bonds. The van der Waals surface area contributed by atoms with E-state index in [1.165, 1.54) is 19.2 Å². The van der Waals surface area contributed by atoms with E-state index in [0.717, 1.165) is 35.0 Å². The number of carbonyl (C=O) groups is 1. The molecule has 1 unspecified atom stereocenters. The Morgan fingerprint density at radius 2 is 2.04 bits per heavy atom. The number of benzene rings is 1. The van der Waals surface area contributed by atoms with E-state index in [4.69, 9.17) is 0 Å². The van der Waals surface area contributed by atoms with Crippen LogP contribution in [0.5, 0.6) is 0 Å². The molecule has 1 atom stereocenters. The van der Waals surface area contributed by atoms with Crippen LogP contribution in [0.1, 0.15) is 60.0 Å². The predicted octanol–water partition coefficient (Wildman–Crippen LogP) is 3.07. The van der Waals surface area contributed by atoms with E-state index >= 15 is 0 Å². The van der Waals surface area contributed by atoms with Crippen molar-refractivity contribution in [3.05, 3.63) is 53.1 Å². The average Bonchev–Trinajstić information content (AvgIpc) is 3.38. The van der Waals surface area contributed by atoms with Gasteiger partial charge in [-0.15, -0.1) is 0 Å². The molecule has 0 aliphatic heterocycles. The van der Waals surface area contributed by atoms with Crippen LogP contribution in [0.4, 0.5) is 0 Å². The van der Waals surface area contributed by atoms with E-state index in [9.17, 15) is 10.1 Å². The van der Waals surface area contributed by atoms with Crippen LogP contribution in [-0.4, -0.2) is 25.5 Å². The molecule has 6 heteroatoms. The number of hydrogen-bond donors (Lipinski definition) is 0. The van der Waals surface area contributed by atoms with Gasteiger partial charge in [0, 0.05) is 6.42 Å². The highest BCUT2D eigenvalue weighted by molar-refractivity contribution is 5.98. The summed E-state index contributed by atoms with van der Waals surface area (Å²) >= 11 is 0. The molecule has 6 nitrogen and oxygen atoms in total. The first kappa shape index (κ1) is 15.2. The van der Waals surface area contributed by atoms with Gasteiger partial charge in [-0.25, -0.2) is 14.6 Å². The normalized spacial score (nSPS) is 19.8. The molecule has 128 valence electrons. The Kier molecular flexibility index (Phi) is 3.35. The Labute approximate surface area is 150 Å². The van der Waals surface area contributed by atoms with Gasteiger partial charge in [-0.2, -0.15) is 10.4 Å². The third kappa shape index (κ3) is 2.10. The quantitative estimate of drug-likeness (QED) is 0.714. The highest BCUT2D eigenvalue weighted by Gasteiger charge is 2.36. The summed E-state index contributed by atoms with van der Waals surface area (Å²) < 4.78 is 2.00. The van der Waals surface area contributed by atoms with Crippen molar-refractivity contribution in [1.82, 2.24) is 19.7 Å². The largest absolute Gasteiger partial charge is 0.298 e. The van der Waals surface area contributed by atoms with Gasteiger partial charge in [0.05, 0.1) is 40.9 Å². The smallest absolute Gasteiger partial charge is 0.161 e. The zero-order valence-corrected chi connectivity index (χ0v) is 14.2. The van der Waals surface area contributed by atoms with Crippen LogP contribution in [-0.2, 0) is 11.2 Å². The zero-order chi connectivity index (χ0) is 17.7. The molecule has 0 bridgehead atoms. The van der Waals surface area contributed by atoms with Crippen molar-refractivity contribution >= 4 is 16.8 Å². The minimum absolute atomic E-state index is 0.0799.